The smallest absolute Gasteiger partial charge is 0.335 e. The highest BCUT2D eigenvalue weighted by molar-refractivity contribution is 6.30. The van der Waals surface area contributed by atoms with Gasteiger partial charge in [-0.25, -0.2) is 9.36 Å². The zero-order valence-electron chi connectivity index (χ0n) is 17.1. The van der Waals surface area contributed by atoms with Crippen LogP contribution in [0.5, 0.6) is 5.75 Å². The molecule has 3 aromatic rings. The number of ether oxygens (including phenoxy) is 2. The number of methoxy groups -OCH3 is 2. The second-order valence-corrected chi connectivity index (χ2v) is 7.10. The molecule has 0 atom stereocenters. The Labute approximate surface area is 183 Å². The van der Waals surface area contributed by atoms with Gasteiger partial charge in [0.2, 0.25) is 0 Å². The van der Waals surface area contributed by atoms with E-state index in [1.807, 2.05) is 12.1 Å². The predicted octanol–water partition coefficient (Wildman–Crippen LogP) is 2.24. The van der Waals surface area contributed by atoms with Crippen LogP contribution in [0.15, 0.2) is 64.3 Å². The minimum absolute atomic E-state index is 0.163. The van der Waals surface area contributed by atoms with Crippen LogP contribution in [0.3, 0.4) is 0 Å². The standard InChI is InChI=1S/C22H22ClN3O5/c1-30-11-10-25-14-19(20(27)24-13-15-6-8-18(31-2)9-7-15)21(28)26(22(25)29)17-5-3-4-16(23)12-17/h3-9,12,14H,10-11,13H2,1-2H3,(H,24,27). The van der Waals surface area contributed by atoms with Crippen LogP contribution < -0.4 is 21.3 Å². The summed E-state index contributed by atoms with van der Waals surface area (Å²) in [5, 5.41) is 3.08. The summed E-state index contributed by atoms with van der Waals surface area (Å²) in [5.74, 6) is 0.104. The van der Waals surface area contributed by atoms with Gasteiger partial charge in [-0.3, -0.25) is 14.2 Å². The lowest BCUT2D eigenvalue weighted by Crippen LogP contribution is -2.43. The minimum Gasteiger partial charge on any atom is -0.497 e. The molecule has 9 heteroatoms. The number of halogens is 1. The van der Waals surface area contributed by atoms with Gasteiger partial charge in [-0.05, 0) is 35.9 Å². The Bertz CT molecular complexity index is 1180. The molecule has 1 aromatic heterocycles. The maximum absolute atomic E-state index is 13.1. The molecule has 0 bridgehead atoms. The van der Waals surface area contributed by atoms with Gasteiger partial charge in [-0.15, -0.1) is 0 Å². The van der Waals surface area contributed by atoms with Crippen molar-refractivity contribution in [3.05, 3.63) is 91.7 Å². The molecule has 0 saturated heterocycles. The first-order valence-corrected chi connectivity index (χ1v) is 9.85. The molecule has 1 heterocycles. The van der Waals surface area contributed by atoms with E-state index in [1.54, 1.807) is 37.4 Å². The lowest BCUT2D eigenvalue weighted by atomic mass is 10.2. The molecule has 162 valence electrons. The molecule has 3 rings (SSSR count). The van der Waals surface area contributed by atoms with Crippen LogP contribution in [0.1, 0.15) is 15.9 Å². The van der Waals surface area contributed by atoms with E-state index in [-0.39, 0.29) is 30.9 Å². The van der Waals surface area contributed by atoms with Crippen molar-refractivity contribution in [2.75, 3.05) is 20.8 Å². The number of benzene rings is 2. The summed E-state index contributed by atoms with van der Waals surface area (Å²) in [6.45, 7) is 0.617. The van der Waals surface area contributed by atoms with Gasteiger partial charge in [-0.2, -0.15) is 0 Å². The lowest BCUT2D eigenvalue weighted by molar-refractivity contribution is 0.0947. The number of aromatic nitrogens is 2. The molecule has 0 fully saturated rings. The van der Waals surface area contributed by atoms with E-state index in [0.717, 1.165) is 10.1 Å². The summed E-state index contributed by atoms with van der Waals surface area (Å²) in [6, 6.07) is 13.5. The van der Waals surface area contributed by atoms with Gasteiger partial charge in [0, 0.05) is 24.9 Å². The average molecular weight is 444 g/mol. The molecule has 0 aliphatic rings. The zero-order valence-corrected chi connectivity index (χ0v) is 17.9. The molecule has 31 heavy (non-hydrogen) atoms. The number of hydrogen-bond donors (Lipinski definition) is 1. The summed E-state index contributed by atoms with van der Waals surface area (Å²) in [5.41, 5.74) is -0.371. The normalized spacial score (nSPS) is 10.7. The van der Waals surface area contributed by atoms with Crippen molar-refractivity contribution < 1.29 is 14.3 Å². The van der Waals surface area contributed by atoms with E-state index in [2.05, 4.69) is 5.32 Å². The molecule has 0 spiro atoms. The van der Waals surface area contributed by atoms with E-state index < -0.39 is 17.2 Å². The van der Waals surface area contributed by atoms with Gasteiger partial charge >= 0.3 is 5.69 Å². The fraction of sp³-hybridized carbons (Fsp3) is 0.227. The number of nitrogens with one attached hydrogen (secondary N) is 1. The molecule has 1 amide bonds. The third kappa shape index (κ3) is 5.22. The van der Waals surface area contributed by atoms with Crippen LogP contribution in [0.25, 0.3) is 5.69 Å². The summed E-state index contributed by atoms with van der Waals surface area (Å²) in [6.07, 6.45) is 1.26. The van der Waals surface area contributed by atoms with Gasteiger partial charge < -0.3 is 14.8 Å². The lowest BCUT2D eigenvalue weighted by Gasteiger charge is -2.13. The monoisotopic (exact) mass is 443 g/mol. The SMILES string of the molecule is COCCn1cc(C(=O)NCc2ccc(OC)cc2)c(=O)n(-c2cccc(Cl)c2)c1=O. The van der Waals surface area contributed by atoms with Gasteiger partial charge in [0.1, 0.15) is 11.3 Å². The number of nitrogens with zero attached hydrogens (tertiary/aromatic N) is 2. The van der Waals surface area contributed by atoms with Crippen molar-refractivity contribution in [2.45, 2.75) is 13.1 Å². The second kappa shape index (κ2) is 10.1. The Morgan fingerprint density at radius 1 is 1.10 bits per heavy atom. The fourth-order valence-electron chi connectivity index (χ4n) is 2.97. The van der Waals surface area contributed by atoms with Crippen molar-refractivity contribution in [3.8, 4) is 11.4 Å². The minimum atomic E-state index is -0.729. The Kier molecular flexibility index (Phi) is 7.28. The van der Waals surface area contributed by atoms with Crippen molar-refractivity contribution >= 4 is 17.5 Å². The zero-order chi connectivity index (χ0) is 22.4. The number of carbonyl (C=O) groups is 1. The Balaban J connectivity index is 1.97. The predicted molar refractivity (Wildman–Crippen MR) is 117 cm³/mol. The van der Waals surface area contributed by atoms with E-state index in [9.17, 15) is 14.4 Å². The Morgan fingerprint density at radius 3 is 2.48 bits per heavy atom. The molecule has 0 saturated carbocycles. The fourth-order valence-corrected chi connectivity index (χ4v) is 3.16. The first-order valence-electron chi connectivity index (χ1n) is 9.47. The van der Waals surface area contributed by atoms with Crippen LogP contribution in [0.2, 0.25) is 5.02 Å². The van der Waals surface area contributed by atoms with Crippen molar-refractivity contribution in [1.82, 2.24) is 14.5 Å². The number of rotatable bonds is 8. The third-order valence-electron chi connectivity index (χ3n) is 4.61. The summed E-state index contributed by atoms with van der Waals surface area (Å²) in [7, 11) is 3.07. The second-order valence-electron chi connectivity index (χ2n) is 6.66. The van der Waals surface area contributed by atoms with E-state index >= 15 is 0 Å². The molecule has 0 aliphatic carbocycles. The number of carbonyl (C=O) groups excluding carboxylic acids is 1. The van der Waals surface area contributed by atoms with Crippen LogP contribution >= 0.6 is 11.6 Å². The quantitative estimate of drug-likeness (QED) is 0.576. The topological polar surface area (TPSA) is 91.6 Å². The van der Waals surface area contributed by atoms with Crippen LogP contribution in [0.4, 0.5) is 0 Å². The molecule has 0 unspecified atom stereocenters. The van der Waals surface area contributed by atoms with Crippen molar-refractivity contribution in [1.29, 1.82) is 0 Å². The molecule has 1 N–H and O–H groups in total. The first-order chi connectivity index (χ1) is 14.9. The van der Waals surface area contributed by atoms with Gasteiger partial charge in [-0.1, -0.05) is 29.8 Å². The largest absolute Gasteiger partial charge is 0.497 e. The van der Waals surface area contributed by atoms with E-state index in [4.69, 9.17) is 21.1 Å². The molecular formula is C22H22ClN3O5. The highest BCUT2D eigenvalue weighted by atomic mass is 35.5. The highest BCUT2D eigenvalue weighted by Gasteiger charge is 2.18. The number of amides is 1. The van der Waals surface area contributed by atoms with E-state index in [1.165, 1.54) is 23.9 Å². The molecule has 0 radical (unpaired) electrons. The van der Waals surface area contributed by atoms with Crippen LogP contribution in [-0.2, 0) is 17.8 Å². The summed E-state index contributed by atoms with van der Waals surface area (Å²) < 4.78 is 12.4. The van der Waals surface area contributed by atoms with Crippen molar-refractivity contribution in [3.63, 3.8) is 0 Å². The van der Waals surface area contributed by atoms with E-state index in [0.29, 0.717) is 10.8 Å². The van der Waals surface area contributed by atoms with Gasteiger partial charge in [0.15, 0.2) is 0 Å². The summed E-state index contributed by atoms with van der Waals surface area (Å²) >= 11 is 6.03. The maximum Gasteiger partial charge on any atom is 0.335 e. The summed E-state index contributed by atoms with van der Waals surface area (Å²) in [4.78, 5) is 38.8. The third-order valence-corrected chi connectivity index (χ3v) is 4.85. The molecular weight excluding hydrogens is 422 g/mol. The van der Waals surface area contributed by atoms with Crippen molar-refractivity contribution in [2.24, 2.45) is 0 Å². The maximum atomic E-state index is 13.1. The Hall–Kier alpha value is -3.36. The highest BCUT2D eigenvalue weighted by Crippen LogP contribution is 2.13. The molecule has 2 aromatic carbocycles. The average Bonchev–Trinajstić information content (AvgIpc) is 2.77. The Morgan fingerprint density at radius 2 is 1.84 bits per heavy atom. The molecule has 0 aliphatic heterocycles. The van der Waals surface area contributed by atoms with Crippen LogP contribution in [-0.4, -0.2) is 35.9 Å². The first kappa shape index (κ1) is 22.3. The van der Waals surface area contributed by atoms with Gasteiger partial charge in [0.05, 0.1) is 25.9 Å². The van der Waals surface area contributed by atoms with Gasteiger partial charge in [0.25, 0.3) is 11.5 Å². The molecule has 8 nitrogen and oxygen atoms in total. The number of hydrogen-bond acceptors (Lipinski definition) is 5. The van der Waals surface area contributed by atoms with Crippen LogP contribution in [0, 0.1) is 0 Å².